The summed E-state index contributed by atoms with van der Waals surface area (Å²) in [6.45, 7) is 8.04. The Morgan fingerprint density at radius 3 is 2.29 bits per heavy atom. The zero-order valence-corrected chi connectivity index (χ0v) is 17.7. The summed E-state index contributed by atoms with van der Waals surface area (Å²) in [7, 11) is 4.01. The highest BCUT2D eigenvalue weighted by molar-refractivity contribution is 5.78. The lowest BCUT2D eigenvalue weighted by atomic mass is 10.1. The Balaban J connectivity index is 1.67. The van der Waals surface area contributed by atoms with Crippen LogP contribution in [0.2, 0.25) is 0 Å². The van der Waals surface area contributed by atoms with Gasteiger partial charge in [0.2, 0.25) is 5.91 Å². The third-order valence-corrected chi connectivity index (χ3v) is 4.62. The Morgan fingerprint density at radius 2 is 1.75 bits per heavy atom. The molecular weight excluding hydrogens is 356 g/mol. The molecule has 1 aliphatic heterocycles. The number of hydrogen-bond donors (Lipinski definition) is 2. The number of hydrogen-bond acceptors (Lipinski definition) is 5. The van der Waals surface area contributed by atoms with Crippen LogP contribution in [0.15, 0.2) is 24.3 Å². The minimum atomic E-state index is -0.490. The van der Waals surface area contributed by atoms with E-state index in [4.69, 9.17) is 4.74 Å². The summed E-state index contributed by atoms with van der Waals surface area (Å²) in [6, 6.07) is 8.25. The molecule has 0 unspecified atom stereocenters. The molecule has 0 bridgehead atoms. The molecule has 0 radical (unpaired) electrons. The Morgan fingerprint density at radius 1 is 1.14 bits per heavy atom. The van der Waals surface area contributed by atoms with Gasteiger partial charge in [-0.1, -0.05) is 12.1 Å². The third-order valence-electron chi connectivity index (χ3n) is 4.62. The first-order valence-corrected chi connectivity index (χ1v) is 9.87. The van der Waals surface area contributed by atoms with Crippen LogP contribution in [0.3, 0.4) is 0 Å². The van der Waals surface area contributed by atoms with Gasteiger partial charge in [0.1, 0.15) is 5.60 Å². The lowest BCUT2D eigenvalue weighted by Gasteiger charge is -2.32. The van der Waals surface area contributed by atoms with E-state index in [0.29, 0.717) is 13.1 Å². The second-order valence-electron chi connectivity index (χ2n) is 8.53. The number of piperidine rings is 1. The van der Waals surface area contributed by atoms with Crippen LogP contribution < -0.4 is 15.5 Å². The fourth-order valence-corrected chi connectivity index (χ4v) is 3.08. The van der Waals surface area contributed by atoms with Gasteiger partial charge in [-0.25, -0.2) is 4.79 Å². The highest BCUT2D eigenvalue weighted by Gasteiger charge is 2.24. The predicted octanol–water partition coefficient (Wildman–Crippen LogP) is 2.36. The molecule has 1 fully saturated rings. The molecule has 0 atom stereocenters. The van der Waals surface area contributed by atoms with E-state index in [1.165, 1.54) is 0 Å². The summed E-state index contributed by atoms with van der Waals surface area (Å²) >= 11 is 0. The third kappa shape index (κ3) is 7.76. The van der Waals surface area contributed by atoms with Gasteiger partial charge in [0, 0.05) is 45.5 Å². The number of nitrogens with one attached hydrogen (secondary N) is 2. The van der Waals surface area contributed by atoms with E-state index >= 15 is 0 Å². The van der Waals surface area contributed by atoms with Crippen LogP contribution in [0.1, 0.15) is 39.2 Å². The number of rotatable bonds is 6. The Bertz CT molecular complexity index is 645. The quantitative estimate of drug-likeness (QED) is 0.780. The molecule has 0 spiro atoms. The van der Waals surface area contributed by atoms with Crippen molar-refractivity contribution < 1.29 is 14.3 Å². The second-order valence-corrected chi connectivity index (χ2v) is 8.53. The average Bonchev–Trinajstić information content (AvgIpc) is 2.60. The van der Waals surface area contributed by atoms with Crippen LogP contribution in [-0.4, -0.2) is 62.3 Å². The summed E-state index contributed by atoms with van der Waals surface area (Å²) in [4.78, 5) is 28.2. The van der Waals surface area contributed by atoms with Gasteiger partial charge in [0.05, 0.1) is 6.54 Å². The molecule has 7 nitrogen and oxygen atoms in total. The van der Waals surface area contributed by atoms with Crippen LogP contribution in [-0.2, 0) is 16.1 Å². The van der Waals surface area contributed by atoms with E-state index in [9.17, 15) is 9.59 Å². The standard InChI is InChI=1S/C21H34N4O3/c1-21(2,3)28-20(27)23-17-10-12-25(13-11-17)15-19(26)22-14-16-6-8-18(9-7-16)24(4)5/h6-9,17H,10-15H2,1-5H3,(H,22,26)(H,23,27). The fraction of sp³-hybridized carbons (Fsp3) is 0.619. The molecule has 7 heteroatoms. The van der Waals surface area contributed by atoms with Gasteiger partial charge in [-0.2, -0.15) is 0 Å². The Labute approximate surface area is 168 Å². The summed E-state index contributed by atoms with van der Waals surface area (Å²) in [6.07, 6.45) is 1.26. The lowest BCUT2D eigenvalue weighted by Crippen LogP contribution is -2.48. The minimum absolute atomic E-state index is 0.0234. The Kier molecular flexibility index (Phi) is 7.69. The van der Waals surface area contributed by atoms with Crippen LogP contribution in [0.25, 0.3) is 0 Å². The molecule has 1 aromatic rings. The normalized spacial score (nSPS) is 15.8. The van der Waals surface area contributed by atoms with Gasteiger partial charge in [0.15, 0.2) is 0 Å². The van der Waals surface area contributed by atoms with Crippen molar-refractivity contribution >= 4 is 17.7 Å². The van der Waals surface area contributed by atoms with Gasteiger partial charge < -0.3 is 20.3 Å². The molecule has 0 aliphatic carbocycles. The van der Waals surface area contributed by atoms with Crippen LogP contribution in [0.4, 0.5) is 10.5 Å². The monoisotopic (exact) mass is 390 g/mol. The van der Waals surface area contributed by atoms with Crippen molar-refractivity contribution in [1.29, 1.82) is 0 Å². The number of carbonyl (C=O) groups excluding carboxylic acids is 2. The van der Waals surface area contributed by atoms with Gasteiger partial charge in [0.25, 0.3) is 0 Å². The van der Waals surface area contributed by atoms with Crippen LogP contribution >= 0.6 is 0 Å². The molecule has 1 aliphatic rings. The number of likely N-dealkylation sites (tertiary alicyclic amines) is 1. The van der Waals surface area contributed by atoms with Crippen molar-refractivity contribution in [3.8, 4) is 0 Å². The van der Waals surface area contributed by atoms with E-state index in [-0.39, 0.29) is 18.0 Å². The van der Waals surface area contributed by atoms with Gasteiger partial charge in [-0.05, 0) is 51.3 Å². The van der Waals surface area contributed by atoms with Gasteiger partial charge in [-0.15, -0.1) is 0 Å². The van der Waals surface area contributed by atoms with Crippen molar-refractivity contribution in [2.75, 3.05) is 38.6 Å². The maximum Gasteiger partial charge on any atom is 0.407 e. The van der Waals surface area contributed by atoms with Gasteiger partial charge in [-0.3, -0.25) is 9.69 Å². The van der Waals surface area contributed by atoms with E-state index < -0.39 is 5.60 Å². The maximum absolute atomic E-state index is 12.2. The fourth-order valence-electron chi connectivity index (χ4n) is 3.08. The second kappa shape index (κ2) is 9.78. The summed E-state index contributed by atoms with van der Waals surface area (Å²) < 4.78 is 5.30. The maximum atomic E-state index is 12.2. The average molecular weight is 391 g/mol. The van der Waals surface area contributed by atoms with Crippen molar-refractivity contribution in [2.24, 2.45) is 0 Å². The molecule has 2 amide bonds. The number of ether oxygens (including phenoxy) is 1. The van der Waals surface area contributed by atoms with E-state index in [2.05, 4.69) is 15.5 Å². The van der Waals surface area contributed by atoms with E-state index in [1.54, 1.807) is 0 Å². The predicted molar refractivity (Wildman–Crippen MR) is 111 cm³/mol. The number of carbonyl (C=O) groups is 2. The first kappa shape index (κ1) is 22.0. The summed E-state index contributed by atoms with van der Waals surface area (Å²) in [5.74, 6) is 0.0234. The molecule has 2 rings (SSSR count). The minimum Gasteiger partial charge on any atom is -0.444 e. The topological polar surface area (TPSA) is 73.9 Å². The van der Waals surface area contributed by atoms with E-state index in [0.717, 1.165) is 37.2 Å². The van der Waals surface area contributed by atoms with Crippen molar-refractivity contribution in [3.05, 3.63) is 29.8 Å². The summed E-state index contributed by atoms with van der Waals surface area (Å²) in [5.41, 5.74) is 1.73. The zero-order valence-electron chi connectivity index (χ0n) is 17.7. The van der Waals surface area contributed by atoms with E-state index in [1.807, 2.05) is 64.0 Å². The molecule has 28 heavy (non-hydrogen) atoms. The van der Waals surface area contributed by atoms with Gasteiger partial charge >= 0.3 is 6.09 Å². The van der Waals surface area contributed by atoms with Crippen molar-refractivity contribution in [2.45, 2.75) is 51.8 Å². The molecule has 156 valence electrons. The lowest BCUT2D eigenvalue weighted by molar-refractivity contribution is -0.122. The molecular formula is C21H34N4O3. The van der Waals surface area contributed by atoms with Crippen molar-refractivity contribution in [1.82, 2.24) is 15.5 Å². The number of alkyl carbamates (subject to hydrolysis) is 1. The number of nitrogens with zero attached hydrogens (tertiary/aromatic N) is 2. The first-order valence-electron chi connectivity index (χ1n) is 9.87. The molecule has 0 aromatic heterocycles. The summed E-state index contributed by atoms with van der Waals surface area (Å²) in [5, 5.41) is 5.90. The zero-order chi connectivity index (χ0) is 20.7. The molecule has 1 heterocycles. The van der Waals surface area contributed by atoms with Crippen molar-refractivity contribution in [3.63, 3.8) is 0 Å². The first-order chi connectivity index (χ1) is 13.1. The molecule has 2 N–H and O–H groups in total. The smallest absolute Gasteiger partial charge is 0.407 e. The largest absolute Gasteiger partial charge is 0.444 e. The Hall–Kier alpha value is -2.28. The number of benzene rings is 1. The van der Waals surface area contributed by atoms with Crippen LogP contribution in [0.5, 0.6) is 0 Å². The highest BCUT2D eigenvalue weighted by atomic mass is 16.6. The molecule has 0 saturated carbocycles. The number of anilines is 1. The highest BCUT2D eigenvalue weighted by Crippen LogP contribution is 2.13. The number of amides is 2. The molecule has 1 saturated heterocycles. The SMILES string of the molecule is CN(C)c1ccc(CNC(=O)CN2CCC(NC(=O)OC(C)(C)C)CC2)cc1. The molecule has 1 aromatic carbocycles. The van der Waals surface area contributed by atoms with Crippen LogP contribution in [0, 0.1) is 0 Å².